The van der Waals surface area contributed by atoms with Gasteiger partial charge < -0.3 is 15.2 Å². The van der Waals surface area contributed by atoms with Gasteiger partial charge in [0.05, 0.1) is 0 Å². The molecule has 0 spiro atoms. The first-order chi connectivity index (χ1) is 9.63. The Bertz CT molecular complexity index is 400. The minimum Gasteiger partial charge on any atom is -0.481 e. The molecule has 4 nitrogen and oxygen atoms in total. The molecule has 0 bridgehead atoms. The zero-order chi connectivity index (χ0) is 14.8. The highest BCUT2D eigenvalue weighted by atomic mass is 79.9. The van der Waals surface area contributed by atoms with Crippen LogP contribution < -0.4 is 10.1 Å². The molecular weight excluding hydrogens is 342 g/mol. The molecule has 1 rings (SSSR count). The summed E-state index contributed by atoms with van der Waals surface area (Å²) in [5, 5.41) is 11.5. The number of halogens is 1. The van der Waals surface area contributed by atoms with Gasteiger partial charge in [0.15, 0.2) is 6.10 Å². The van der Waals surface area contributed by atoms with Crippen LogP contribution in [-0.2, 0) is 4.79 Å². The van der Waals surface area contributed by atoms with E-state index in [9.17, 15) is 4.79 Å². The molecule has 20 heavy (non-hydrogen) atoms. The van der Waals surface area contributed by atoms with Crippen molar-refractivity contribution >= 4 is 33.6 Å². The fourth-order valence-corrected chi connectivity index (χ4v) is 2.48. The molecule has 0 saturated heterocycles. The maximum Gasteiger partial charge on any atom is 0.260 e. The second-order valence-electron chi connectivity index (χ2n) is 4.19. The Morgan fingerprint density at radius 3 is 2.75 bits per heavy atom. The number of carbonyl (C=O) groups is 1. The molecule has 0 fully saturated rings. The smallest absolute Gasteiger partial charge is 0.260 e. The van der Waals surface area contributed by atoms with E-state index in [-0.39, 0.29) is 12.5 Å². The predicted octanol–water partition coefficient (Wildman–Crippen LogP) is 2.45. The maximum atomic E-state index is 11.8. The lowest BCUT2D eigenvalue weighted by atomic mass is 10.3. The lowest BCUT2D eigenvalue weighted by Crippen LogP contribution is -2.37. The summed E-state index contributed by atoms with van der Waals surface area (Å²) in [5.74, 6) is 2.32. The summed E-state index contributed by atoms with van der Waals surface area (Å²) >= 11 is 5.06. The van der Waals surface area contributed by atoms with Crippen LogP contribution in [-0.4, -0.2) is 41.8 Å². The van der Waals surface area contributed by atoms with E-state index >= 15 is 0 Å². The van der Waals surface area contributed by atoms with E-state index in [0.29, 0.717) is 12.3 Å². The first-order valence-electron chi connectivity index (χ1n) is 6.52. The Hall–Kier alpha value is -0.720. The molecule has 1 aromatic rings. The maximum absolute atomic E-state index is 11.8. The number of thioether (sulfide) groups is 1. The first kappa shape index (κ1) is 17.3. The molecule has 0 aliphatic carbocycles. The molecule has 0 aliphatic rings. The van der Waals surface area contributed by atoms with E-state index < -0.39 is 6.10 Å². The summed E-state index contributed by atoms with van der Waals surface area (Å²) in [6.45, 7) is 2.57. The lowest BCUT2D eigenvalue weighted by Gasteiger charge is -2.14. The largest absolute Gasteiger partial charge is 0.481 e. The Kier molecular flexibility index (Phi) is 8.73. The zero-order valence-corrected chi connectivity index (χ0v) is 13.9. The lowest BCUT2D eigenvalue weighted by molar-refractivity contribution is -0.127. The minimum absolute atomic E-state index is 0.115. The van der Waals surface area contributed by atoms with Gasteiger partial charge in [0, 0.05) is 23.4 Å². The number of ether oxygens (including phenoxy) is 1. The van der Waals surface area contributed by atoms with E-state index in [0.717, 1.165) is 22.4 Å². The first-order valence-corrected chi connectivity index (χ1v) is 8.47. The summed E-state index contributed by atoms with van der Waals surface area (Å²) in [4.78, 5) is 11.8. The second kappa shape index (κ2) is 10.1. The SMILES string of the molecule is CC(Oc1ccc(Br)cc1)C(=O)NCCSCCCO. The fraction of sp³-hybridized carbons (Fsp3) is 0.500. The number of amides is 1. The van der Waals surface area contributed by atoms with Gasteiger partial charge >= 0.3 is 0 Å². The van der Waals surface area contributed by atoms with Crippen molar-refractivity contribution in [3.8, 4) is 5.75 Å². The molecule has 0 saturated carbocycles. The Morgan fingerprint density at radius 1 is 1.40 bits per heavy atom. The van der Waals surface area contributed by atoms with Crippen LogP contribution in [0.5, 0.6) is 5.75 Å². The van der Waals surface area contributed by atoms with Crippen molar-refractivity contribution in [1.29, 1.82) is 0 Å². The molecule has 0 aromatic heterocycles. The molecular formula is C14H20BrNO3S. The van der Waals surface area contributed by atoms with Gasteiger partial charge in [0.1, 0.15) is 5.75 Å². The average Bonchev–Trinajstić information content (AvgIpc) is 2.45. The number of nitrogens with one attached hydrogen (secondary N) is 1. The molecule has 1 aromatic carbocycles. The zero-order valence-electron chi connectivity index (χ0n) is 11.5. The van der Waals surface area contributed by atoms with Gasteiger partial charge in [-0.25, -0.2) is 0 Å². The quantitative estimate of drug-likeness (QED) is 0.663. The van der Waals surface area contributed by atoms with E-state index in [4.69, 9.17) is 9.84 Å². The van der Waals surface area contributed by atoms with Crippen LogP contribution in [0.4, 0.5) is 0 Å². The van der Waals surface area contributed by atoms with Crippen molar-refractivity contribution < 1.29 is 14.6 Å². The van der Waals surface area contributed by atoms with Crippen molar-refractivity contribution in [3.63, 3.8) is 0 Å². The molecule has 6 heteroatoms. The number of benzene rings is 1. The van der Waals surface area contributed by atoms with Gasteiger partial charge in [-0.15, -0.1) is 0 Å². The summed E-state index contributed by atoms with van der Waals surface area (Å²) in [6.07, 6.45) is 0.278. The van der Waals surface area contributed by atoms with Crippen molar-refractivity contribution in [1.82, 2.24) is 5.32 Å². The third-order valence-electron chi connectivity index (χ3n) is 2.49. The molecule has 0 heterocycles. The summed E-state index contributed by atoms with van der Waals surface area (Å²) < 4.78 is 6.53. The summed E-state index contributed by atoms with van der Waals surface area (Å²) in [6, 6.07) is 7.38. The summed E-state index contributed by atoms with van der Waals surface area (Å²) in [5.41, 5.74) is 0. The van der Waals surface area contributed by atoms with Crippen LogP contribution in [0.25, 0.3) is 0 Å². The van der Waals surface area contributed by atoms with Crippen LogP contribution in [0.1, 0.15) is 13.3 Å². The standard InChI is InChI=1S/C14H20BrNO3S/c1-11(19-13-5-3-12(15)4-6-13)14(18)16-7-10-20-9-2-8-17/h3-6,11,17H,2,7-10H2,1H3,(H,16,18). The van der Waals surface area contributed by atoms with E-state index in [1.165, 1.54) is 0 Å². The monoisotopic (exact) mass is 361 g/mol. The van der Waals surface area contributed by atoms with Crippen LogP contribution in [0.2, 0.25) is 0 Å². The van der Waals surface area contributed by atoms with Crippen molar-refractivity contribution in [2.45, 2.75) is 19.4 Å². The molecule has 0 radical (unpaired) electrons. The third-order valence-corrected chi connectivity index (χ3v) is 4.09. The Morgan fingerprint density at radius 2 is 2.10 bits per heavy atom. The van der Waals surface area contributed by atoms with Crippen LogP contribution in [0.3, 0.4) is 0 Å². The molecule has 2 N–H and O–H groups in total. The van der Waals surface area contributed by atoms with Gasteiger partial charge in [-0.3, -0.25) is 4.79 Å². The minimum atomic E-state index is -0.515. The number of hydrogen-bond acceptors (Lipinski definition) is 4. The second-order valence-corrected chi connectivity index (χ2v) is 6.33. The fourth-order valence-electron chi connectivity index (χ4n) is 1.43. The number of rotatable bonds is 9. The Balaban J connectivity index is 2.20. The molecule has 1 atom stereocenters. The van der Waals surface area contributed by atoms with Crippen LogP contribution >= 0.6 is 27.7 Å². The third kappa shape index (κ3) is 7.17. The van der Waals surface area contributed by atoms with Gasteiger partial charge in [-0.05, 0) is 43.4 Å². The van der Waals surface area contributed by atoms with Gasteiger partial charge in [-0.2, -0.15) is 11.8 Å². The van der Waals surface area contributed by atoms with E-state index in [1.54, 1.807) is 18.7 Å². The molecule has 1 unspecified atom stereocenters. The predicted molar refractivity (Wildman–Crippen MR) is 86.3 cm³/mol. The number of carbonyl (C=O) groups excluding carboxylic acids is 1. The number of aliphatic hydroxyl groups excluding tert-OH is 1. The molecule has 1 amide bonds. The van der Waals surface area contributed by atoms with Gasteiger partial charge in [0.25, 0.3) is 5.91 Å². The van der Waals surface area contributed by atoms with Crippen molar-refractivity contribution in [3.05, 3.63) is 28.7 Å². The highest BCUT2D eigenvalue weighted by molar-refractivity contribution is 9.10. The van der Waals surface area contributed by atoms with Crippen LogP contribution in [0, 0.1) is 0 Å². The van der Waals surface area contributed by atoms with Gasteiger partial charge in [0.2, 0.25) is 0 Å². The highest BCUT2D eigenvalue weighted by Gasteiger charge is 2.13. The van der Waals surface area contributed by atoms with E-state index in [2.05, 4.69) is 21.2 Å². The average molecular weight is 362 g/mol. The van der Waals surface area contributed by atoms with Gasteiger partial charge in [-0.1, -0.05) is 15.9 Å². The molecule has 112 valence electrons. The van der Waals surface area contributed by atoms with E-state index in [1.807, 2.05) is 24.3 Å². The van der Waals surface area contributed by atoms with Crippen molar-refractivity contribution in [2.75, 3.05) is 24.7 Å². The number of hydrogen-bond donors (Lipinski definition) is 2. The summed E-state index contributed by atoms with van der Waals surface area (Å²) in [7, 11) is 0. The highest BCUT2D eigenvalue weighted by Crippen LogP contribution is 2.17. The topological polar surface area (TPSA) is 58.6 Å². The molecule has 0 aliphatic heterocycles. The van der Waals surface area contributed by atoms with Crippen LogP contribution in [0.15, 0.2) is 28.7 Å². The number of aliphatic hydroxyl groups is 1. The Labute approximate surface area is 132 Å². The normalized spacial score (nSPS) is 11.9. The van der Waals surface area contributed by atoms with Crippen molar-refractivity contribution in [2.24, 2.45) is 0 Å².